The van der Waals surface area contributed by atoms with Gasteiger partial charge in [-0.3, -0.25) is 4.79 Å². The molecule has 0 aromatic heterocycles. The summed E-state index contributed by atoms with van der Waals surface area (Å²) in [5.74, 6) is 0.179. The van der Waals surface area contributed by atoms with Gasteiger partial charge in [0.05, 0.1) is 0 Å². The predicted octanol–water partition coefficient (Wildman–Crippen LogP) is 2.71. The highest BCUT2D eigenvalue weighted by molar-refractivity contribution is 6.04. The van der Waals surface area contributed by atoms with E-state index in [4.69, 9.17) is 5.11 Å². The van der Waals surface area contributed by atoms with Crippen molar-refractivity contribution in [2.75, 3.05) is 11.9 Å². The lowest BCUT2D eigenvalue weighted by atomic mass is 10.2. The lowest BCUT2D eigenvalue weighted by molar-refractivity contribution is -0.114. The van der Waals surface area contributed by atoms with Crippen LogP contribution < -0.4 is 4.90 Å². The van der Waals surface area contributed by atoms with Crippen LogP contribution in [-0.2, 0) is 4.79 Å². The van der Waals surface area contributed by atoms with Crippen molar-refractivity contribution in [1.82, 2.24) is 0 Å². The van der Waals surface area contributed by atoms with Crippen molar-refractivity contribution in [2.24, 2.45) is 0 Å². The third-order valence-electron chi connectivity index (χ3n) is 2.39. The molecule has 0 fully saturated rings. The highest BCUT2D eigenvalue weighted by Crippen LogP contribution is 2.18. The number of phenols is 1. The normalized spacial score (nSPS) is 11.3. The van der Waals surface area contributed by atoms with Crippen LogP contribution in [0.25, 0.3) is 0 Å². The number of carbonyl (C=O) groups excluding carboxylic acids is 1. The number of hydrogen-bond acceptors (Lipinski definition) is 2. The van der Waals surface area contributed by atoms with Crippen LogP contribution in [0.2, 0.25) is 0 Å². The second-order valence-electron chi connectivity index (χ2n) is 3.68. The summed E-state index contributed by atoms with van der Waals surface area (Å²) >= 11 is 0. The van der Waals surface area contributed by atoms with Crippen molar-refractivity contribution in [2.45, 2.75) is 20.3 Å². The molecule has 3 nitrogen and oxygen atoms in total. The van der Waals surface area contributed by atoms with E-state index in [-0.39, 0.29) is 11.7 Å². The fraction of sp³-hybridized carbons (Fsp3) is 0.308. The lowest BCUT2D eigenvalue weighted by Gasteiger charge is -2.17. The maximum atomic E-state index is 11.9. The van der Waals surface area contributed by atoms with Crippen molar-refractivity contribution in [3.8, 4) is 5.75 Å². The van der Waals surface area contributed by atoms with Crippen LogP contribution in [0.3, 0.4) is 0 Å². The number of nitrogens with zero attached hydrogens (tertiary/aromatic N) is 1. The Balaban J connectivity index is 2.86. The van der Waals surface area contributed by atoms with Gasteiger partial charge in [-0.25, -0.2) is 0 Å². The van der Waals surface area contributed by atoms with Gasteiger partial charge < -0.3 is 10.0 Å². The average molecular weight is 219 g/mol. The van der Waals surface area contributed by atoms with E-state index in [1.165, 1.54) is 0 Å². The minimum atomic E-state index is -0.0208. The van der Waals surface area contributed by atoms with Gasteiger partial charge in [0.2, 0.25) is 0 Å². The van der Waals surface area contributed by atoms with E-state index in [0.717, 1.165) is 17.7 Å². The first kappa shape index (κ1) is 12.3. The topological polar surface area (TPSA) is 40.5 Å². The van der Waals surface area contributed by atoms with Crippen LogP contribution in [-0.4, -0.2) is 18.1 Å². The Labute approximate surface area is 96.0 Å². The summed E-state index contributed by atoms with van der Waals surface area (Å²) in [6.45, 7) is 3.81. The van der Waals surface area contributed by atoms with Crippen molar-refractivity contribution in [1.29, 1.82) is 0 Å². The van der Waals surface area contributed by atoms with E-state index in [9.17, 15) is 4.79 Å². The molecule has 1 amide bonds. The number of allylic oxidation sites excluding steroid dienone is 1. The smallest absolute Gasteiger partial charge is 0.253 e. The molecule has 0 heterocycles. The molecule has 0 saturated carbocycles. The molecule has 0 aliphatic rings. The van der Waals surface area contributed by atoms with Crippen LogP contribution >= 0.6 is 0 Å². The summed E-state index contributed by atoms with van der Waals surface area (Å²) in [6.07, 6.45) is 2.75. The van der Waals surface area contributed by atoms with Crippen LogP contribution in [0.15, 0.2) is 35.9 Å². The molecule has 1 aromatic rings. The molecule has 0 radical (unpaired) electrons. The maximum absolute atomic E-state index is 11.9. The number of rotatable bonds is 3. The van der Waals surface area contributed by atoms with E-state index < -0.39 is 0 Å². The van der Waals surface area contributed by atoms with Crippen LogP contribution in [0.1, 0.15) is 20.3 Å². The van der Waals surface area contributed by atoms with Crippen LogP contribution in [0.5, 0.6) is 5.75 Å². The molecule has 0 atom stereocenters. The zero-order valence-corrected chi connectivity index (χ0v) is 9.90. The summed E-state index contributed by atoms with van der Waals surface area (Å²) in [6, 6.07) is 6.56. The number of amides is 1. The molecule has 86 valence electrons. The first-order valence-corrected chi connectivity index (χ1v) is 5.30. The van der Waals surface area contributed by atoms with Gasteiger partial charge in [-0.1, -0.05) is 13.0 Å². The van der Waals surface area contributed by atoms with E-state index in [1.54, 1.807) is 36.2 Å². The van der Waals surface area contributed by atoms with Crippen molar-refractivity contribution < 1.29 is 9.90 Å². The molecule has 0 unspecified atom stereocenters. The fourth-order valence-corrected chi connectivity index (χ4v) is 1.45. The summed E-state index contributed by atoms with van der Waals surface area (Å²) in [5.41, 5.74) is 1.50. The predicted molar refractivity (Wildman–Crippen MR) is 65.6 cm³/mol. The highest BCUT2D eigenvalue weighted by Gasteiger charge is 2.11. The summed E-state index contributed by atoms with van der Waals surface area (Å²) in [7, 11) is 1.72. The minimum absolute atomic E-state index is 0.0208. The van der Waals surface area contributed by atoms with Crippen molar-refractivity contribution in [3.05, 3.63) is 35.9 Å². The molecule has 0 spiro atoms. The molecule has 1 rings (SSSR count). The largest absolute Gasteiger partial charge is 0.508 e. The summed E-state index contributed by atoms with van der Waals surface area (Å²) in [5, 5.41) is 9.16. The Hall–Kier alpha value is -1.77. The number of hydrogen-bond donors (Lipinski definition) is 1. The number of phenolic OH excluding ortho intramolecular Hbond substituents is 1. The first-order valence-electron chi connectivity index (χ1n) is 5.30. The Kier molecular flexibility index (Phi) is 4.11. The zero-order valence-electron chi connectivity index (χ0n) is 9.90. The van der Waals surface area contributed by atoms with Gasteiger partial charge in [-0.2, -0.15) is 0 Å². The summed E-state index contributed by atoms with van der Waals surface area (Å²) in [4.78, 5) is 13.5. The third kappa shape index (κ3) is 2.86. The fourth-order valence-electron chi connectivity index (χ4n) is 1.45. The summed E-state index contributed by atoms with van der Waals surface area (Å²) < 4.78 is 0. The number of benzene rings is 1. The standard InChI is InChI=1S/C13H17NO2/c1-4-5-10(2)13(16)14(3)11-6-8-12(15)9-7-11/h5-9,15H,4H2,1-3H3/b10-5+. The Morgan fingerprint density at radius 1 is 1.38 bits per heavy atom. The third-order valence-corrected chi connectivity index (χ3v) is 2.39. The van der Waals surface area contributed by atoms with E-state index in [1.807, 2.05) is 19.9 Å². The maximum Gasteiger partial charge on any atom is 0.253 e. The van der Waals surface area contributed by atoms with Crippen LogP contribution in [0.4, 0.5) is 5.69 Å². The van der Waals surface area contributed by atoms with Gasteiger partial charge in [0.15, 0.2) is 0 Å². The molecule has 1 aromatic carbocycles. The second-order valence-corrected chi connectivity index (χ2v) is 3.68. The molecule has 0 aliphatic carbocycles. The monoisotopic (exact) mass is 219 g/mol. The van der Waals surface area contributed by atoms with Gasteiger partial charge in [-0.15, -0.1) is 0 Å². The molecule has 0 bridgehead atoms. The molecule has 0 aliphatic heterocycles. The van der Waals surface area contributed by atoms with E-state index in [0.29, 0.717) is 0 Å². The van der Waals surface area contributed by atoms with Gasteiger partial charge in [0, 0.05) is 18.3 Å². The lowest BCUT2D eigenvalue weighted by Crippen LogP contribution is -2.26. The Morgan fingerprint density at radius 3 is 2.44 bits per heavy atom. The van der Waals surface area contributed by atoms with Gasteiger partial charge in [0.25, 0.3) is 5.91 Å². The zero-order chi connectivity index (χ0) is 12.1. The van der Waals surface area contributed by atoms with Gasteiger partial charge in [-0.05, 0) is 37.6 Å². The molecule has 16 heavy (non-hydrogen) atoms. The van der Waals surface area contributed by atoms with Crippen molar-refractivity contribution >= 4 is 11.6 Å². The second kappa shape index (κ2) is 5.35. The SMILES string of the molecule is CC/C=C(\C)C(=O)N(C)c1ccc(O)cc1. The van der Waals surface area contributed by atoms with E-state index >= 15 is 0 Å². The minimum Gasteiger partial charge on any atom is -0.508 e. The average Bonchev–Trinajstić information content (AvgIpc) is 2.28. The Bertz CT molecular complexity index is 393. The number of aromatic hydroxyl groups is 1. The molecule has 0 saturated heterocycles. The van der Waals surface area contributed by atoms with Gasteiger partial charge in [0.1, 0.15) is 5.75 Å². The molecular formula is C13H17NO2. The quantitative estimate of drug-likeness (QED) is 0.794. The van der Waals surface area contributed by atoms with Crippen molar-refractivity contribution in [3.63, 3.8) is 0 Å². The highest BCUT2D eigenvalue weighted by atomic mass is 16.3. The number of anilines is 1. The van der Waals surface area contributed by atoms with Crippen LogP contribution in [0, 0.1) is 0 Å². The Morgan fingerprint density at radius 2 is 1.94 bits per heavy atom. The van der Waals surface area contributed by atoms with E-state index in [2.05, 4.69) is 0 Å². The first-order chi connectivity index (χ1) is 7.56. The molecule has 3 heteroatoms. The molecular weight excluding hydrogens is 202 g/mol. The number of likely N-dealkylation sites (N-methyl/N-ethyl adjacent to an activating group) is 1. The molecule has 1 N–H and O–H groups in total. The number of carbonyl (C=O) groups is 1. The van der Waals surface area contributed by atoms with Gasteiger partial charge >= 0.3 is 0 Å².